The number of nitrogens with zero attached hydrogens (tertiary/aromatic N) is 4. The van der Waals surface area contributed by atoms with Gasteiger partial charge in [-0.2, -0.15) is 4.98 Å². The molecule has 2 aromatic heterocycles. The number of alkyl halides is 2. The van der Waals surface area contributed by atoms with Gasteiger partial charge in [0.15, 0.2) is 0 Å². The van der Waals surface area contributed by atoms with Gasteiger partial charge < -0.3 is 10.2 Å². The standard InChI is InChI=1S/C27H26ClF2N5O/c1-4-6-19-16-35(12-11-27(19,29)30)26-32-17(3)13-24(34-26)33-25(36)21-9-8-20(28)14-22(21)23-10-7-18(5-2)15-31-23/h4-5,7-10,13-15,19H,1-2,6,11-12,16H2,3H3,(H,32,33,34,36). The van der Waals surface area contributed by atoms with E-state index in [1.807, 2.05) is 6.07 Å². The van der Waals surface area contributed by atoms with Crippen LogP contribution in [0.5, 0.6) is 0 Å². The number of hydrogen-bond donors (Lipinski definition) is 1. The van der Waals surface area contributed by atoms with Gasteiger partial charge in [-0.15, -0.1) is 6.58 Å². The lowest BCUT2D eigenvalue weighted by Crippen LogP contribution is -2.47. The molecule has 3 aromatic rings. The summed E-state index contributed by atoms with van der Waals surface area (Å²) in [6, 6.07) is 10.2. The van der Waals surface area contributed by atoms with Crippen molar-refractivity contribution in [1.29, 1.82) is 0 Å². The van der Waals surface area contributed by atoms with Crippen LogP contribution >= 0.6 is 11.6 Å². The maximum Gasteiger partial charge on any atom is 0.257 e. The zero-order valence-electron chi connectivity index (χ0n) is 19.8. The summed E-state index contributed by atoms with van der Waals surface area (Å²) in [6.07, 6.45) is 4.75. The molecule has 1 N–H and O–H groups in total. The second-order valence-electron chi connectivity index (χ2n) is 8.70. The number of rotatable bonds is 7. The van der Waals surface area contributed by atoms with E-state index in [1.165, 1.54) is 6.08 Å². The first-order valence-corrected chi connectivity index (χ1v) is 11.9. The van der Waals surface area contributed by atoms with Gasteiger partial charge >= 0.3 is 0 Å². The molecule has 0 aliphatic carbocycles. The molecule has 1 amide bonds. The number of nitrogens with one attached hydrogen (secondary N) is 1. The Morgan fingerprint density at radius 1 is 1.25 bits per heavy atom. The van der Waals surface area contributed by atoms with E-state index in [4.69, 9.17) is 11.6 Å². The fraction of sp³-hybridized carbons (Fsp3) is 0.259. The van der Waals surface area contributed by atoms with Crippen molar-refractivity contribution in [2.75, 3.05) is 23.3 Å². The first-order valence-electron chi connectivity index (χ1n) is 11.5. The van der Waals surface area contributed by atoms with Crippen LogP contribution in [0.1, 0.15) is 34.5 Å². The van der Waals surface area contributed by atoms with Gasteiger partial charge in [-0.3, -0.25) is 9.78 Å². The smallest absolute Gasteiger partial charge is 0.257 e. The van der Waals surface area contributed by atoms with Gasteiger partial charge in [-0.25, -0.2) is 13.8 Å². The molecule has 3 heterocycles. The van der Waals surface area contributed by atoms with Crippen LogP contribution < -0.4 is 10.2 Å². The molecule has 0 radical (unpaired) electrons. The van der Waals surface area contributed by atoms with Crippen LogP contribution in [0.3, 0.4) is 0 Å². The lowest BCUT2D eigenvalue weighted by Gasteiger charge is -2.38. The summed E-state index contributed by atoms with van der Waals surface area (Å²) < 4.78 is 28.6. The Labute approximate surface area is 213 Å². The highest BCUT2D eigenvalue weighted by Crippen LogP contribution is 2.37. The molecule has 186 valence electrons. The van der Waals surface area contributed by atoms with Crippen LogP contribution in [0.15, 0.2) is 61.8 Å². The zero-order valence-corrected chi connectivity index (χ0v) is 20.6. The number of amides is 1. The van der Waals surface area contributed by atoms with Crippen molar-refractivity contribution in [2.45, 2.75) is 25.7 Å². The van der Waals surface area contributed by atoms with Gasteiger partial charge in [0, 0.05) is 59.5 Å². The molecule has 36 heavy (non-hydrogen) atoms. The SMILES string of the molecule is C=CCC1CN(c2nc(C)cc(NC(=O)c3ccc(Cl)cc3-c3ccc(C=C)cn3)n2)CCC1(F)F. The van der Waals surface area contributed by atoms with Crippen LogP contribution in [0.4, 0.5) is 20.5 Å². The Bertz CT molecular complexity index is 1300. The molecule has 9 heteroatoms. The number of halogens is 3. The van der Waals surface area contributed by atoms with Gasteiger partial charge in [0.1, 0.15) is 5.82 Å². The minimum atomic E-state index is -2.77. The van der Waals surface area contributed by atoms with Crippen molar-refractivity contribution in [1.82, 2.24) is 15.0 Å². The molecule has 0 saturated carbocycles. The van der Waals surface area contributed by atoms with E-state index in [1.54, 1.807) is 54.4 Å². The molecule has 4 rings (SSSR count). The number of aromatic nitrogens is 3. The predicted molar refractivity (Wildman–Crippen MR) is 140 cm³/mol. The van der Waals surface area contributed by atoms with Gasteiger partial charge in [-0.1, -0.05) is 36.4 Å². The highest BCUT2D eigenvalue weighted by Gasteiger charge is 2.43. The Balaban J connectivity index is 1.60. The van der Waals surface area contributed by atoms with Gasteiger partial charge in [0.25, 0.3) is 11.8 Å². The summed E-state index contributed by atoms with van der Waals surface area (Å²) in [5.41, 5.74) is 2.95. The van der Waals surface area contributed by atoms with E-state index in [0.29, 0.717) is 33.5 Å². The van der Waals surface area contributed by atoms with Crippen molar-refractivity contribution in [3.05, 3.63) is 83.7 Å². The van der Waals surface area contributed by atoms with Gasteiger partial charge in [0.05, 0.1) is 5.69 Å². The number of pyridine rings is 1. The second kappa shape index (κ2) is 10.5. The fourth-order valence-electron chi connectivity index (χ4n) is 4.16. The highest BCUT2D eigenvalue weighted by atomic mass is 35.5. The molecule has 1 atom stereocenters. The lowest BCUT2D eigenvalue weighted by molar-refractivity contribution is -0.0710. The number of aryl methyl sites for hydroxylation is 1. The Hall–Kier alpha value is -3.65. The first-order chi connectivity index (χ1) is 17.2. The molecule has 1 saturated heterocycles. The third-order valence-corrected chi connectivity index (χ3v) is 6.33. The van der Waals surface area contributed by atoms with Crippen LogP contribution in [-0.4, -0.2) is 39.9 Å². The van der Waals surface area contributed by atoms with E-state index in [-0.39, 0.29) is 31.7 Å². The Kier molecular flexibility index (Phi) is 7.45. The van der Waals surface area contributed by atoms with Crippen molar-refractivity contribution in [2.24, 2.45) is 5.92 Å². The van der Waals surface area contributed by atoms with Crippen LogP contribution in [0, 0.1) is 12.8 Å². The number of benzene rings is 1. The molecule has 1 unspecified atom stereocenters. The molecular formula is C27H26ClF2N5O. The molecule has 1 aromatic carbocycles. The van der Waals surface area contributed by atoms with Gasteiger partial charge in [-0.05, 0) is 43.2 Å². The summed E-state index contributed by atoms with van der Waals surface area (Å²) in [7, 11) is 0. The third kappa shape index (κ3) is 5.60. The number of anilines is 2. The van der Waals surface area contributed by atoms with E-state index < -0.39 is 17.7 Å². The highest BCUT2D eigenvalue weighted by molar-refractivity contribution is 6.31. The summed E-state index contributed by atoms with van der Waals surface area (Å²) in [6.45, 7) is 9.31. The zero-order chi connectivity index (χ0) is 25.9. The summed E-state index contributed by atoms with van der Waals surface area (Å²) in [5.74, 6) is -3.48. The van der Waals surface area contributed by atoms with E-state index in [9.17, 15) is 13.6 Å². The predicted octanol–water partition coefficient (Wildman–Crippen LogP) is 6.43. The summed E-state index contributed by atoms with van der Waals surface area (Å²) in [5, 5.41) is 3.28. The van der Waals surface area contributed by atoms with Crippen molar-refractivity contribution in [3.8, 4) is 11.3 Å². The molecular weight excluding hydrogens is 484 g/mol. The monoisotopic (exact) mass is 509 g/mol. The molecule has 0 spiro atoms. The topological polar surface area (TPSA) is 71.0 Å². The third-order valence-electron chi connectivity index (χ3n) is 6.10. The molecule has 1 fully saturated rings. The number of hydrogen-bond acceptors (Lipinski definition) is 5. The maximum absolute atomic E-state index is 14.3. The fourth-order valence-corrected chi connectivity index (χ4v) is 4.33. The van der Waals surface area contributed by atoms with Crippen molar-refractivity contribution in [3.63, 3.8) is 0 Å². The molecule has 6 nitrogen and oxygen atoms in total. The minimum absolute atomic E-state index is 0.101. The molecule has 1 aliphatic rings. The lowest BCUT2D eigenvalue weighted by atomic mass is 9.91. The number of piperidine rings is 1. The average molecular weight is 510 g/mol. The maximum atomic E-state index is 14.3. The Morgan fingerprint density at radius 2 is 2.06 bits per heavy atom. The van der Waals surface area contributed by atoms with E-state index in [0.717, 1.165) is 5.56 Å². The minimum Gasteiger partial charge on any atom is -0.340 e. The normalized spacial score (nSPS) is 16.9. The van der Waals surface area contributed by atoms with E-state index in [2.05, 4.69) is 33.4 Å². The van der Waals surface area contributed by atoms with Crippen LogP contribution in [0.25, 0.3) is 17.3 Å². The summed E-state index contributed by atoms with van der Waals surface area (Å²) >= 11 is 6.21. The van der Waals surface area contributed by atoms with E-state index >= 15 is 0 Å². The number of allylic oxidation sites excluding steroid dienone is 1. The van der Waals surface area contributed by atoms with Gasteiger partial charge in [0.2, 0.25) is 5.95 Å². The van der Waals surface area contributed by atoms with Crippen molar-refractivity contribution >= 4 is 35.4 Å². The number of carbonyl (C=O) groups excluding carboxylic acids is 1. The largest absolute Gasteiger partial charge is 0.340 e. The van der Waals surface area contributed by atoms with Crippen molar-refractivity contribution < 1.29 is 13.6 Å². The van der Waals surface area contributed by atoms with Crippen LogP contribution in [-0.2, 0) is 0 Å². The van der Waals surface area contributed by atoms with Crippen LogP contribution in [0.2, 0.25) is 5.02 Å². The molecule has 1 aliphatic heterocycles. The quantitative estimate of drug-likeness (QED) is 0.371. The summed E-state index contributed by atoms with van der Waals surface area (Å²) in [4.78, 5) is 28.3. The Morgan fingerprint density at radius 3 is 2.75 bits per heavy atom. The molecule has 0 bridgehead atoms. The second-order valence-corrected chi connectivity index (χ2v) is 9.13. The first kappa shape index (κ1) is 25.4. The average Bonchev–Trinajstić information content (AvgIpc) is 2.85. The number of carbonyl (C=O) groups is 1.